The highest BCUT2D eigenvalue weighted by Crippen LogP contribution is 2.52. The van der Waals surface area contributed by atoms with E-state index in [0.29, 0.717) is 0 Å². The number of hydrogen-bond acceptors (Lipinski definition) is 4. The fourth-order valence-corrected chi connectivity index (χ4v) is 10.8. The van der Waals surface area contributed by atoms with Crippen molar-refractivity contribution < 1.29 is 4.42 Å². The summed E-state index contributed by atoms with van der Waals surface area (Å²) in [5.41, 5.74) is 21.7. The van der Waals surface area contributed by atoms with Crippen molar-refractivity contribution in [3.8, 4) is 22.3 Å². The highest BCUT2D eigenvalue weighted by Gasteiger charge is 2.47. The van der Waals surface area contributed by atoms with Gasteiger partial charge in [0, 0.05) is 61.7 Å². The van der Waals surface area contributed by atoms with Crippen LogP contribution in [0.4, 0.5) is 45.5 Å². The first-order valence-electron chi connectivity index (χ1n) is 24.0. The standard InChI is InChI=1S/C63H54BN3O/c1-41-37-52-59-56(36-33-50-49-25-17-18-26-58(49)68-61(50)59)67(47-30-27-43(28-31-47)62(2,3)4)64-53-40-48(65(45-21-13-9-14-22-45)46-23-15-10-16-24-46)32-35-55(53)66(57(38-41)60(52)64)54-34-29-44(63(5,6)7)39-51(54)42-19-11-8-12-20-42/h8-40H,1-7H3. The molecule has 0 atom stereocenters. The number of nitrogens with zero attached hydrogens (tertiary/aromatic N) is 3. The fourth-order valence-electron chi connectivity index (χ4n) is 10.8. The molecule has 2 aliphatic rings. The topological polar surface area (TPSA) is 22.9 Å². The monoisotopic (exact) mass is 879 g/mol. The minimum Gasteiger partial charge on any atom is -0.455 e. The van der Waals surface area contributed by atoms with Gasteiger partial charge in [0.15, 0.2) is 0 Å². The lowest BCUT2D eigenvalue weighted by Gasteiger charge is -2.46. The van der Waals surface area contributed by atoms with Gasteiger partial charge >= 0.3 is 6.85 Å². The summed E-state index contributed by atoms with van der Waals surface area (Å²) in [5.74, 6) is 0. The van der Waals surface area contributed by atoms with Gasteiger partial charge in [0.2, 0.25) is 0 Å². The Kier molecular flexibility index (Phi) is 9.60. The van der Waals surface area contributed by atoms with Crippen LogP contribution in [0.5, 0.6) is 0 Å². The van der Waals surface area contributed by atoms with E-state index in [4.69, 9.17) is 4.42 Å². The second-order valence-corrected chi connectivity index (χ2v) is 20.7. The first kappa shape index (κ1) is 41.7. The van der Waals surface area contributed by atoms with Gasteiger partial charge < -0.3 is 19.0 Å². The average Bonchev–Trinajstić information content (AvgIpc) is 3.73. The number of para-hydroxylation sites is 3. The van der Waals surface area contributed by atoms with E-state index in [0.717, 1.165) is 67.3 Å². The Balaban J connectivity index is 1.21. The number of aryl methyl sites for hydroxylation is 1. The molecule has 68 heavy (non-hydrogen) atoms. The molecular formula is C63H54BN3O. The highest BCUT2D eigenvalue weighted by molar-refractivity contribution is 6.93. The van der Waals surface area contributed by atoms with Crippen molar-refractivity contribution in [3.63, 3.8) is 0 Å². The van der Waals surface area contributed by atoms with Crippen LogP contribution in [0.3, 0.4) is 0 Å². The summed E-state index contributed by atoms with van der Waals surface area (Å²) in [6.45, 7) is 15.8. The summed E-state index contributed by atoms with van der Waals surface area (Å²) in [6, 6.07) is 74.0. The summed E-state index contributed by atoms with van der Waals surface area (Å²) in [6.07, 6.45) is 0. The zero-order valence-corrected chi connectivity index (χ0v) is 39.9. The highest BCUT2D eigenvalue weighted by atomic mass is 16.3. The molecule has 1 aromatic heterocycles. The predicted molar refractivity (Wildman–Crippen MR) is 290 cm³/mol. The SMILES string of the molecule is Cc1cc2c3c(c1)N(c1ccc(C(C)(C)C)cc1-c1ccccc1)c1ccc(N(c4ccccc4)c4ccccc4)cc1B3N(c1ccc(C(C)(C)C)cc1)c1ccc3c(oc4ccccc43)c1-2. The molecule has 0 saturated carbocycles. The molecule has 330 valence electrons. The van der Waals surface area contributed by atoms with Gasteiger partial charge in [0.1, 0.15) is 11.2 Å². The molecule has 0 saturated heterocycles. The van der Waals surface area contributed by atoms with Crippen LogP contribution >= 0.6 is 0 Å². The second kappa shape index (κ2) is 15.7. The van der Waals surface area contributed by atoms with Crippen molar-refractivity contribution in [2.45, 2.75) is 59.3 Å². The number of furan rings is 1. The summed E-state index contributed by atoms with van der Waals surface area (Å²) < 4.78 is 7.03. The zero-order chi connectivity index (χ0) is 46.5. The first-order valence-corrected chi connectivity index (χ1v) is 24.0. The third-order valence-corrected chi connectivity index (χ3v) is 14.2. The third-order valence-electron chi connectivity index (χ3n) is 14.2. The van der Waals surface area contributed by atoms with E-state index in [1.807, 2.05) is 0 Å². The van der Waals surface area contributed by atoms with Crippen molar-refractivity contribution in [1.29, 1.82) is 0 Å². The molecule has 0 N–H and O–H groups in total. The van der Waals surface area contributed by atoms with Crippen molar-refractivity contribution >= 4 is 85.2 Å². The van der Waals surface area contributed by atoms with Crippen molar-refractivity contribution in [2.24, 2.45) is 0 Å². The first-order chi connectivity index (χ1) is 32.9. The van der Waals surface area contributed by atoms with Gasteiger partial charge in [-0.05, 0) is 147 Å². The molecule has 0 unspecified atom stereocenters. The Morgan fingerprint density at radius 3 is 1.75 bits per heavy atom. The van der Waals surface area contributed by atoms with Crippen LogP contribution in [0.1, 0.15) is 58.2 Å². The molecule has 12 rings (SSSR count). The van der Waals surface area contributed by atoms with Crippen LogP contribution < -0.4 is 25.5 Å². The quantitative estimate of drug-likeness (QED) is 0.155. The maximum atomic E-state index is 7.03. The van der Waals surface area contributed by atoms with Crippen molar-refractivity contribution in [1.82, 2.24) is 0 Å². The van der Waals surface area contributed by atoms with Crippen LogP contribution in [0, 0.1) is 6.92 Å². The van der Waals surface area contributed by atoms with Gasteiger partial charge in [-0.15, -0.1) is 0 Å². The van der Waals surface area contributed by atoms with E-state index in [1.54, 1.807) is 0 Å². The molecule has 0 spiro atoms. The van der Waals surface area contributed by atoms with E-state index in [2.05, 4.69) is 263 Å². The fraction of sp³-hybridized carbons (Fsp3) is 0.143. The van der Waals surface area contributed by atoms with Crippen molar-refractivity contribution in [3.05, 3.63) is 217 Å². The molecule has 0 fully saturated rings. The predicted octanol–water partition coefficient (Wildman–Crippen LogP) is 16.3. The molecule has 3 heterocycles. The minimum atomic E-state index is -0.205. The largest absolute Gasteiger partial charge is 0.455 e. The number of rotatable bonds is 6. The third kappa shape index (κ3) is 6.74. The summed E-state index contributed by atoms with van der Waals surface area (Å²) in [7, 11) is 0. The van der Waals surface area contributed by atoms with Crippen molar-refractivity contribution in [2.75, 3.05) is 14.6 Å². The van der Waals surface area contributed by atoms with E-state index in [9.17, 15) is 0 Å². The molecular weight excluding hydrogens is 826 g/mol. The van der Waals surface area contributed by atoms with E-state index < -0.39 is 0 Å². The number of fused-ring (bicyclic) bond motifs is 8. The lowest BCUT2D eigenvalue weighted by Crippen LogP contribution is -2.61. The Morgan fingerprint density at radius 1 is 0.471 bits per heavy atom. The van der Waals surface area contributed by atoms with Gasteiger partial charge in [-0.1, -0.05) is 151 Å². The Labute approximate surface area is 400 Å². The lowest BCUT2D eigenvalue weighted by atomic mass is 9.43. The Bertz CT molecular complexity index is 3510. The molecule has 9 aromatic carbocycles. The van der Waals surface area contributed by atoms with Gasteiger partial charge in [0.25, 0.3) is 0 Å². The molecule has 0 bridgehead atoms. The molecule has 0 aliphatic carbocycles. The summed E-state index contributed by atoms with van der Waals surface area (Å²) in [5, 5.41) is 2.25. The van der Waals surface area contributed by atoms with Gasteiger partial charge in [-0.3, -0.25) is 0 Å². The molecule has 4 nitrogen and oxygen atoms in total. The molecule has 2 aliphatic heterocycles. The van der Waals surface area contributed by atoms with Gasteiger partial charge in [-0.2, -0.15) is 0 Å². The molecule has 5 heteroatoms. The lowest BCUT2D eigenvalue weighted by molar-refractivity contribution is 0.590. The Hall–Kier alpha value is -7.76. The van der Waals surface area contributed by atoms with E-state index in [-0.39, 0.29) is 17.7 Å². The maximum absolute atomic E-state index is 7.03. The van der Waals surface area contributed by atoms with Gasteiger partial charge in [-0.25, -0.2) is 0 Å². The smallest absolute Gasteiger partial charge is 0.333 e. The minimum absolute atomic E-state index is 0.000244. The molecule has 10 aromatic rings. The second-order valence-electron chi connectivity index (χ2n) is 20.7. The normalized spacial score (nSPS) is 13.1. The summed E-state index contributed by atoms with van der Waals surface area (Å²) >= 11 is 0. The summed E-state index contributed by atoms with van der Waals surface area (Å²) in [4.78, 5) is 7.56. The maximum Gasteiger partial charge on any atom is 0.333 e. The Morgan fingerprint density at radius 2 is 1.07 bits per heavy atom. The molecule has 0 radical (unpaired) electrons. The van der Waals surface area contributed by atoms with E-state index in [1.165, 1.54) is 50.0 Å². The van der Waals surface area contributed by atoms with Crippen LogP contribution in [-0.2, 0) is 10.8 Å². The van der Waals surface area contributed by atoms with Crippen LogP contribution in [0.25, 0.3) is 44.2 Å². The number of anilines is 8. The number of benzene rings is 9. The van der Waals surface area contributed by atoms with Crippen LogP contribution in [-0.4, -0.2) is 6.85 Å². The molecule has 0 amide bonds. The number of hydrogen-bond donors (Lipinski definition) is 0. The van der Waals surface area contributed by atoms with Crippen LogP contribution in [0.15, 0.2) is 205 Å². The van der Waals surface area contributed by atoms with Gasteiger partial charge in [0.05, 0.1) is 5.69 Å². The van der Waals surface area contributed by atoms with E-state index >= 15 is 0 Å². The average molecular weight is 880 g/mol. The van der Waals surface area contributed by atoms with Crippen LogP contribution in [0.2, 0.25) is 0 Å². The zero-order valence-electron chi connectivity index (χ0n) is 39.9.